The first-order valence-corrected chi connectivity index (χ1v) is 9.14. The molecule has 2 aromatic rings. The maximum absolute atomic E-state index is 9.56. The van der Waals surface area contributed by atoms with Crippen molar-refractivity contribution in [2.45, 2.75) is 24.1 Å². The van der Waals surface area contributed by atoms with Crippen molar-refractivity contribution in [2.75, 3.05) is 19.5 Å². The van der Waals surface area contributed by atoms with Crippen LogP contribution in [0.2, 0.25) is 6.32 Å². The summed E-state index contributed by atoms with van der Waals surface area (Å²) in [6, 6.07) is 14.8. The largest absolute Gasteiger partial charge is 0.493 e. The van der Waals surface area contributed by atoms with Crippen LogP contribution < -0.4 is 4.74 Å². The molecule has 0 aromatic heterocycles. The predicted octanol–water partition coefficient (Wildman–Crippen LogP) is 4.07. The van der Waals surface area contributed by atoms with Crippen LogP contribution in [-0.2, 0) is 4.65 Å². The molecule has 1 aliphatic heterocycles. The Morgan fingerprint density at radius 2 is 2.09 bits per heavy atom. The first-order valence-electron chi connectivity index (χ1n) is 7.92. The first kappa shape index (κ1) is 16.4. The van der Waals surface area contributed by atoms with Crippen LogP contribution in [-0.4, -0.2) is 31.6 Å². The normalized spacial score (nSPS) is 17.5. The second-order valence-corrected chi connectivity index (χ2v) is 6.49. The molecule has 0 bridgehead atoms. The minimum Gasteiger partial charge on any atom is -0.493 e. The predicted molar refractivity (Wildman–Crippen MR) is 96.3 cm³/mol. The highest BCUT2D eigenvalue weighted by molar-refractivity contribution is 7.98. The maximum Gasteiger partial charge on any atom is 0.454 e. The molecule has 1 heterocycles. The summed E-state index contributed by atoms with van der Waals surface area (Å²) in [7, 11) is -0.630. The standard InChI is InChI=1S/C18H21BO3S/c1-3-21-17-10-15(7-8-18(17)23-2)13-5-4-6-14(9-13)16-11-19(20)22-12-16/h4-10,16,20H,3,11-12H2,1-2H3. The average Bonchev–Trinajstić information content (AvgIpc) is 3.02. The van der Waals surface area contributed by atoms with Crippen molar-refractivity contribution in [1.82, 2.24) is 0 Å². The third-order valence-corrected chi connectivity index (χ3v) is 4.91. The molecule has 1 atom stereocenters. The number of rotatable bonds is 5. The van der Waals surface area contributed by atoms with Crippen LogP contribution in [0.15, 0.2) is 47.4 Å². The zero-order valence-corrected chi connectivity index (χ0v) is 14.3. The fourth-order valence-corrected chi connectivity index (χ4v) is 3.46. The topological polar surface area (TPSA) is 38.7 Å². The smallest absolute Gasteiger partial charge is 0.454 e. The van der Waals surface area contributed by atoms with Gasteiger partial charge in [0, 0.05) is 17.4 Å². The van der Waals surface area contributed by atoms with Crippen LogP contribution in [0.5, 0.6) is 5.75 Å². The Labute approximate surface area is 142 Å². The number of hydrogen-bond donors (Lipinski definition) is 1. The molecule has 3 rings (SSSR count). The van der Waals surface area contributed by atoms with Gasteiger partial charge < -0.3 is 14.4 Å². The molecule has 1 aliphatic rings. The SMILES string of the molecule is CCOc1cc(-c2cccc(C3COB(O)C3)c2)ccc1SC. The van der Waals surface area contributed by atoms with E-state index in [2.05, 4.69) is 48.7 Å². The number of ether oxygens (including phenoxy) is 1. The van der Waals surface area contributed by atoms with Crippen LogP contribution in [0.4, 0.5) is 0 Å². The molecule has 0 amide bonds. The highest BCUT2D eigenvalue weighted by atomic mass is 32.2. The van der Waals surface area contributed by atoms with Gasteiger partial charge in [0.15, 0.2) is 0 Å². The van der Waals surface area contributed by atoms with Gasteiger partial charge in [-0.25, -0.2) is 0 Å². The maximum atomic E-state index is 9.56. The van der Waals surface area contributed by atoms with Gasteiger partial charge in [-0.2, -0.15) is 0 Å². The van der Waals surface area contributed by atoms with Crippen molar-refractivity contribution >= 4 is 18.9 Å². The third-order valence-electron chi connectivity index (χ3n) is 4.13. The summed E-state index contributed by atoms with van der Waals surface area (Å²) in [5.74, 6) is 1.20. The molecule has 1 fully saturated rings. The number of hydrogen-bond acceptors (Lipinski definition) is 4. The Bertz CT molecular complexity index is 677. The van der Waals surface area contributed by atoms with Gasteiger partial charge in [0.1, 0.15) is 5.75 Å². The van der Waals surface area contributed by atoms with Crippen molar-refractivity contribution in [2.24, 2.45) is 0 Å². The van der Waals surface area contributed by atoms with Crippen molar-refractivity contribution < 1.29 is 14.4 Å². The lowest BCUT2D eigenvalue weighted by atomic mass is 9.79. The molecule has 1 saturated heterocycles. The summed E-state index contributed by atoms with van der Waals surface area (Å²) in [5, 5.41) is 9.56. The lowest BCUT2D eigenvalue weighted by molar-refractivity contribution is 0.292. The molecule has 120 valence electrons. The molecule has 0 saturated carbocycles. The van der Waals surface area contributed by atoms with Gasteiger partial charge in [0.25, 0.3) is 0 Å². The van der Waals surface area contributed by atoms with E-state index in [1.165, 1.54) is 5.56 Å². The van der Waals surface area contributed by atoms with Gasteiger partial charge in [0.05, 0.1) is 6.61 Å². The van der Waals surface area contributed by atoms with E-state index in [-0.39, 0.29) is 5.92 Å². The van der Waals surface area contributed by atoms with E-state index in [1.807, 2.05) is 6.92 Å². The van der Waals surface area contributed by atoms with E-state index >= 15 is 0 Å². The van der Waals surface area contributed by atoms with Crippen LogP contribution in [0.3, 0.4) is 0 Å². The van der Waals surface area contributed by atoms with Crippen LogP contribution >= 0.6 is 11.8 Å². The van der Waals surface area contributed by atoms with Gasteiger partial charge in [-0.05, 0) is 48.3 Å². The van der Waals surface area contributed by atoms with Crippen LogP contribution in [0.25, 0.3) is 11.1 Å². The highest BCUT2D eigenvalue weighted by Crippen LogP contribution is 2.35. The van der Waals surface area contributed by atoms with E-state index < -0.39 is 7.12 Å². The average molecular weight is 328 g/mol. The van der Waals surface area contributed by atoms with Crippen molar-refractivity contribution in [3.8, 4) is 16.9 Å². The molecule has 3 nitrogen and oxygen atoms in total. The number of thioether (sulfide) groups is 1. The molecular weight excluding hydrogens is 307 g/mol. The molecule has 1 unspecified atom stereocenters. The summed E-state index contributed by atoms with van der Waals surface area (Å²) >= 11 is 1.69. The van der Waals surface area contributed by atoms with Gasteiger partial charge in [0.2, 0.25) is 0 Å². The minimum atomic E-state index is -0.630. The van der Waals surface area contributed by atoms with Crippen LogP contribution in [0.1, 0.15) is 18.4 Å². The Balaban J connectivity index is 1.91. The summed E-state index contributed by atoms with van der Waals surface area (Å²) in [6.45, 7) is 3.25. The van der Waals surface area contributed by atoms with Gasteiger partial charge in [-0.1, -0.05) is 30.3 Å². The molecule has 2 aromatic carbocycles. The minimum absolute atomic E-state index is 0.266. The zero-order valence-electron chi connectivity index (χ0n) is 13.5. The molecule has 23 heavy (non-hydrogen) atoms. The second-order valence-electron chi connectivity index (χ2n) is 5.64. The van der Waals surface area contributed by atoms with E-state index in [0.29, 0.717) is 19.5 Å². The Hall–Kier alpha value is -1.43. The van der Waals surface area contributed by atoms with Gasteiger partial charge in [-0.3, -0.25) is 0 Å². The molecule has 0 aliphatic carbocycles. The van der Waals surface area contributed by atoms with Crippen LogP contribution in [0, 0.1) is 0 Å². The second kappa shape index (κ2) is 7.43. The van der Waals surface area contributed by atoms with Crippen molar-refractivity contribution in [3.63, 3.8) is 0 Å². The Morgan fingerprint density at radius 3 is 2.78 bits per heavy atom. The monoisotopic (exact) mass is 328 g/mol. The Morgan fingerprint density at radius 1 is 1.26 bits per heavy atom. The summed E-state index contributed by atoms with van der Waals surface area (Å²) in [5.41, 5.74) is 3.52. The molecular formula is C18H21BO3S. The summed E-state index contributed by atoms with van der Waals surface area (Å²) < 4.78 is 11.0. The summed E-state index contributed by atoms with van der Waals surface area (Å²) in [6.07, 6.45) is 2.72. The van der Waals surface area contributed by atoms with E-state index in [4.69, 9.17) is 9.39 Å². The molecule has 5 heteroatoms. The summed E-state index contributed by atoms with van der Waals surface area (Å²) in [4.78, 5) is 1.15. The molecule has 1 N–H and O–H groups in total. The molecule has 0 spiro atoms. The number of benzene rings is 2. The van der Waals surface area contributed by atoms with E-state index in [1.54, 1.807) is 11.8 Å². The van der Waals surface area contributed by atoms with Crippen molar-refractivity contribution in [1.29, 1.82) is 0 Å². The quantitative estimate of drug-likeness (QED) is 0.663. The molecule has 0 radical (unpaired) electrons. The zero-order chi connectivity index (χ0) is 16.2. The Kier molecular flexibility index (Phi) is 5.31. The first-order chi connectivity index (χ1) is 11.2. The fourth-order valence-electron chi connectivity index (χ4n) is 2.94. The van der Waals surface area contributed by atoms with Gasteiger partial charge >= 0.3 is 7.12 Å². The fraction of sp³-hybridized carbons (Fsp3) is 0.333. The lowest BCUT2D eigenvalue weighted by Crippen LogP contribution is -2.07. The van der Waals surface area contributed by atoms with Crippen molar-refractivity contribution in [3.05, 3.63) is 48.0 Å². The van der Waals surface area contributed by atoms with E-state index in [0.717, 1.165) is 21.8 Å². The van der Waals surface area contributed by atoms with E-state index in [9.17, 15) is 5.02 Å². The highest BCUT2D eigenvalue weighted by Gasteiger charge is 2.29. The van der Waals surface area contributed by atoms with Gasteiger partial charge in [-0.15, -0.1) is 11.8 Å². The lowest BCUT2D eigenvalue weighted by Gasteiger charge is -2.13. The third kappa shape index (κ3) is 3.74.